The molecule has 1 amide bonds. The Labute approximate surface area is 196 Å². The lowest BCUT2D eigenvalue weighted by Crippen LogP contribution is -2.30. The van der Waals surface area contributed by atoms with Gasteiger partial charge in [-0.2, -0.15) is 0 Å². The Hall–Kier alpha value is -3.39. The molecule has 3 aromatic rings. The topological polar surface area (TPSA) is 114 Å². The largest absolute Gasteiger partial charge is 0.491 e. The lowest BCUT2D eigenvalue weighted by molar-refractivity contribution is -0.144. The third kappa shape index (κ3) is 5.51. The maximum absolute atomic E-state index is 12.8. The molecule has 2 aromatic carbocycles. The highest BCUT2D eigenvalue weighted by Crippen LogP contribution is 2.32. The Morgan fingerprint density at radius 3 is 2.70 bits per heavy atom. The molecular formula is C25H27N3O4S. The average Bonchev–Trinajstić information content (AvgIpc) is 3.41. The highest BCUT2D eigenvalue weighted by atomic mass is 32.1. The number of thiophene rings is 1. The van der Waals surface area contributed by atoms with Crippen molar-refractivity contribution in [3.63, 3.8) is 0 Å². The molecule has 8 heteroatoms. The van der Waals surface area contributed by atoms with Crippen LogP contribution in [0.25, 0.3) is 10.1 Å². The van der Waals surface area contributed by atoms with E-state index >= 15 is 0 Å². The summed E-state index contributed by atoms with van der Waals surface area (Å²) in [5, 5.41) is 11.5. The number of carbonyl (C=O) groups excluding carboxylic acids is 2. The van der Waals surface area contributed by atoms with Crippen molar-refractivity contribution < 1.29 is 19.1 Å². The molecule has 0 spiro atoms. The second kappa shape index (κ2) is 10.0. The highest BCUT2D eigenvalue weighted by Gasteiger charge is 2.24. The summed E-state index contributed by atoms with van der Waals surface area (Å²) < 4.78 is 12.3. The molecule has 1 aromatic heterocycles. The first kappa shape index (κ1) is 22.8. The first-order valence-corrected chi connectivity index (χ1v) is 11.8. The van der Waals surface area contributed by atoms with Gasteiger partial charge in [-0.05, 0) is 67.1 Å². The predicted octanol–water partition coefficient (Wildman–Crippen LogP) is 3.73. The van der Waals surface area contributed by atoms with Crippen molar-refractivity contribution in [2.24, 2.45) is 5.73 Å². The number of ether oxygens (including phenoxy) is 2. The zero-order valence-corrected chi connectivity index (χ0v) is 19.2. The Balaban J connectivity index is 1.50. The van der Waals surface area contributed by atoms with Crippen molar-refractivity contribution in [3.05, 3.63) is 64.5 Å². The quantitative estimate of drug-likeness (QED) is 0.253. The molecule has 0 bridgehead atoms. The third-order valence-corrected chi connectivity index (χ3v) is 6.81. The Bertz CT molecular complexity index is 1170. The monoisotopic (exact) mass is 465 g/mol. The zero-order valence-electron chi connectivity index (χ0n) is 18.4. The number of nitrogens with two attached hydrogens (primary N) is 1. The van der Waals surface area contributed by atoms with Crippen LogP contribution < -0.4 is 15.8 Å². The van der Waals surface area contributed by atoms with E-state index in [4.69, 9.17) is 20.6 Å². The van der Waals surface area contributed by atoms with Crippen molar-refractivity contribution >= 4 is 39.1 Å². The second-order valence-electron chi connectivity index (χ2n) is 8.07. The minimum absolute atomic E-state index is 0.0340. The second-order valence-corrected chi connectivity index (χ2v) is 9.24. The summed E-state index contributed by atoms with van der Waals surface area (Å²) >= 11 is 1.62. The van der Waals surface area contributed by atoms with E-state index in [0.29, 0.717) is 37.4 Å². The van der Waals surface area contributed by atoms with Crippen LogP contribution in [0.1, 0.15) is 41.7 Å². The fourth-order valence-corrected chi connectivity index (χ4v) is 5.03. The number of amides is 1. The normalized spacial score (nSPS) is 16.4. The van der Waals surface area contributed by atoms with Gasteiger partial charge in [0.05, 0.1) is 18.6 Å². The van der Waals surface area contributed by atoms with Gasteiger partial charge in [-0.15, -0.1) is 11.3 Å². The molecule has 4 N–H and O–H groups in total. The van der Waals surface area contributed by atoms with Crippen molar-refractivity contribution in [2.75, 3.05) is 13.2 Å². The molecule has 0 radical (unpaired) electrons. The summed E-state index contributed by atoms with van der Waals surface area (Å²) in [7, 11) is 0. The van der Waals surface area contributed by atoms with Gasteiger partial charge in [0, 0.05) is 21.6 Å². The molecular weight excluding hydrogens is 438 g/mol. The van der Waals surface area contributed by atoms with Crippen LogP contribution in [0.2, 0.25) is 0 Å². The van der Waals surface area contributed by atoms with E-state index in [0.717, 1.165) is 26.9 Å². The van der Waals surface area contributed by atoms with E-state index in [1.165, 1.54) is 0 Å². The van der Waals surface area contributed by atoms with Gasteiger partial charge < -0.3 is 20.5 Å². The number of fused-ring (bicyclic) bond motifs is 1. The molecule has 2 atom stereocenters. The molecule has 1 saturated heterocycles. The number of benzene rings is 2. The van der Waals surface area contributed by atoms with Crippen LogP contribution in [-0.4, -0.2) is 37.0 Å². The van der Waals surface area contributed by atoms with Crippen molar-refractivity contribution in [1.29, 1.82) is 5.41 Å². The molecule has 4 rings (SSSR count). The van der Waals surface area contributed by atoms with Crippen LogP contribution in [0.15, 0.2) is 48.5 Å². The van der Waals surface area contributed by atoms with E-state index < -0.39 is 5.92 Å². The summed E-state index contributed by atoms with van der Waals surface area (Å²) in [4.78, 5) is 25.2. The standard InChI is InChI=1S/C25H27N3O4S/c1-2-31-25(30)21(13-20-12-17-11-16(24(26)27)5-9-22(17)33-20)15-3-7-19(8-4-15)32-14-18-6-10-23(29)28-18/h3-5,7-9,11-12,18,21H,2,6,10,13-14H2,1H3,(H3,26,27)(H,28,29)/t18-,21?/m0/s1. The van der Waals surface area contributed by atoms with Gasteiger partial charge in [-0.1, -0.05) is 12.1 Å². The first-order chi connectivity index (χ1) is 15.9. The average molecular weight is 466 g/mol. The molecule has 0 saturated carbocycles. The number of carbonyl (C=O) groups is 2. The molecule has 172 valence electrons. The van der Waals surface area contributed by atoms with Gasteiger partial charge in [0.25, 0.3) is 0 Å². The number of amidine groups is 1. The Morgan fingerprint density at radius 2 is 2.03 bits per heavy atom. The van der Waals surface area contributed by atoms with Crippen molar-refractivity contribution in [2.45, 2.75) is 38.1 Å². The Kier molecular flexibility index (Phi) is 6.93. The van der Waals surface area contributed by atoms with Gasteiger partial charge in [-0.3, -0.25) is 15.0 Å². The van der Waals surface area contributed by atoms with Crippen molar-refractivity contribution in [1.82, 2.24) is 5.32 Å². The zero-order chi connectivity index (χ0) is 23.4. The summed E-state index contributed by atoms with van der Waals surface area (Å²) in [6.07, 6.45) is 1.84. The molecule has 1 aliphatic rings. The fourth-order valence-electron chi connectivity index (χ4n) is 3.94. The van der Waals surface area contributed by atoms with Crippen LogP contribution in [0.3, 0.4) is 0 Å². The lowest BCUT2D eigenvalue weighted by atomic mass is 9.94. The molecule has 1 unspecified atom stereocenters. The summed E-state index contributed by atoms with van der Waals surface area (Å²) in [5.74, 6) is 0.0953. The maximum atomic E-state index is 12.8. The molecule has 7 nitrogen and oxygen atoms in total. The van der Waals surface area contributed by atoms with E-state index in [1.807, 2.05) is 48.5 Å². The highest BCUT2D eigenvalue weighted by molar-refractivity contribution is 7.19. The van der Waals surface area contributed by atoms with Crippen LogP contribution in [0.5, 0.6) is 5.75 Å². The van der Waals surface area contributed by atoms with Gasteiger partial charge in [-0.25, -0.2) is 0 Å². The third-order valence-electron chi connectivity index (χ3n) is 5.67. The van der Waals surface area contributed by atoms with Crippen molar-refractivity contribution in [3.8, 4) is 5.75 Å². The predicted molar refractivity (Wildman–Crippen MR) is 129 cm³/mol. The molecule has 1 aliphatic heterocycles. The number of hydrogen-bond acceptors (Lipinski definition) is 6. The van der Waals surface area contributed by atoms with Gasteiger partial charge in [0.15, 0.2) is 0 Å². The number of nitrogens with one attached hydrogen (secondary N) is 2. The van der Waals surface area contributed by atoms with E-state index in [-0.39, 0.29) is 23.8 Å². The number of rotatable bonds is 9. The smallest absolute Gasteiger partial charge is 0.313 e. The van der Waals surface area contributed by atoms with Crippen LogP contribution in [0.4, 0.5) is 0 Å². The van der Waals surface area contributed by atoms with E-state index in [1.54, 1.807) is 18.3 Å². The van der Waals surface area contributed by atoms with Gasteiger partial charge >= 0.3 is 5.97 Å². The minimum Gasteiger partial charge on any atom is -0.491 e. The van der Waals surface area contributed by atoms with Gasteiger partial charge in [0.2, 0.25) is 5.91 Å². The lowest BCUT2D eigenvalue weighted by Gasteiger charge is -2.16. The summed E-state index contributed by atoms with van der Waals surface area (Å²) in [5.41, 5.74) is 7.15. The SMILES string of the molecule is CCOC(=O)C(Cc1cc2cc(C(=N)N)ccc2s1)c1ccc(OC[C@@H]2CCC(=O)N2)cc1. The number of esters is 1. The summed E-state index contributed by atoms with van der Waals surface area (Å²) in [6, 6.07) is 15.3. The molecule has 33 heavy (non-hydrogen) atoms. The Morgan fingerprint density at radius 1 is 1.24 bits per heavy atom. The van der Waals surface area contributed by atoms with E-state index in [2.05, 4.69) is 5.32 Å². The van der Waals surface area contributed by atoms with Crippen LogP contribution in [-0.2, 0) is 20.7 Å². The molecule has 2 heterocycles. The fraction of sp³-hybridized carbons (Fsp3) is 0.320. The minimum atomic E-state index is -0.437. The number of hydrogen-bond donors (Lipinski definition) is 3. The van der Waals surface area contributed by atoms with Crippen LogP contribution in [0, 0.1) is 5.41 Å². The maximum Gasteiger partial charge on any atom is 0.313 e. The van der Waals surface area contributed by atoms with Crippen LogP contribution >= 0.6 is 11.3 Å². The molecule has 0 aliphatic carbocycles. The first-order valence-electron chi connectivity index (χ1n) is 11.0. The molecule has 1 fully saturated rings. The number of nitrogen functional groups attached to an aromatic ring is 1. The van der Waals surface area contributed by atoms with Gasteiger partial charge in [0.1, 0.15) is 18.2 Å². The summed E-state index contributed by atoms with van der Waals surface area (Å²) in [6.45, 7) is 2.55. The van der Waals surface area contributed by atoms with E-state index in [9.17, 15) is 9.59 Å².